The Morgan fingerprint density at radius 2 is 1.67 bits per heavy atom. The number of nitrogens with zero attached hydrogens (tertiary/aromatic N) is 1. The van der Waals surface area contributed by atoms with Crippen molar-refractivity contribution in [2.24, 2.45) is 0 Å². The van der Waals surface area contributed by atoms with E-state index >= 15 is 0 Å². The molecule has 2 aromatic rings. The minimum absolute atomic E-state index is 0. The molecule has 0 saturated carbocycles. The molecule has 6 heteroatoms. The van der Waals surface area contributed by atoms with E-state index in [0.29, 0.717) is 12.1 Å². The molecular formula is C18H21ClF2N2O. The number of anilines is 1. The maximum Gasteiger partial charge on any atom is 0.255 e. The SMILES string of the molecule is Cl.Nc1ccccc1CCC(=O)N(Cc1ccccc1)CC(F)F. The van der Waals surface area contributed by atoms with Crippen molar-refractivity contribution in [2.45, 2.75) is 25.8 Å². The molecule has 0 spiro atoms. The van der Waals surface area contributed by atoms with Crippen LogP contribution in [-0.2, 0) is 17.8 Å². The van der Waals surface area contributed by atoms with Crippen LogP contribution in [0.4, 0.5) is 14.5 Å². The van der Waals surface area contributed by atoms with Crippen LogP contribution in [0.5, 0.6) is 0 Å². The fourth-order valence-corrected chi connectivity index (χ4v) is 2.39. The van der Waals surface area contributed by atoms with Gasteiger partial charge in [-0.1, -0.05) is 48.5 Å². The molecule has 0 bridgehead atoms. The van der Waals surface area contributed by atoms with E-state index in [1.807, 2.05) is 48.5 Å². The van der Waals surface area contributed by atoms with E-state index in [1.54, 1.807) is 6.07 Å². The van der Waals surface area contributed by atoms with Crippen molar-refractivity contribution in [3.63, 3.8) is 0 Å². The molecule has 0 heterocycles. The van der Waals surface area contributed by atoms with Crippen molar-refractivity contribution in [3.05, 3.63) is 65.7 Å². The first-order valence-corrected chi connectivity index (χ1v) is 7.49. The first-order chi connectivity index (χ1) is 11.1. The van der Waals surface area contributed by atoms with Gasteiger partial charge in [0, 0.05) is 18.7 Å². The molecule has 0 aliphatic heterocycles. The third-order valence-electron chi connectivity index (χ3n) is 3.59. The predicted molar refractivity (Wildman–Crippen MR) is 94.3 cm³/mol. The van der Waals surface area contributed by atoms with Gasteiger partial charge in [-0.25, -0.2) is 8.78 Å². The smallest absolute Gasteiger partial charge is 0.255 e. The summed E-state index contributed by atoms with van der Waals surface area (Å²) in [6, 6.07) is 16.4. The zero-order chi connectivity index (χ0) is 16.7. The van der Waals surface area contributed by atoms with E-state index in [0.717, 1.165) is 11.1 Å². The molecule has 3 nitrogen and oxygen atoms in total. The fraction of sp³-hybridized carbons (Fsp3) is 0.278. The highest BCUT2D eigenvalue weighted by Crippen LogP contribution is 2.15. The summed E-state index contributed by atoms with van der Waals surface area (Å²) in [4.78, 5) is 13.5. The van der Waals surface area contributed by atoms with Crippen LogP contribution in [0, 0.1) is 0 Å². The Labute approximate surface area is 146 Å². The Hall–Kier alpha value is -2.14. The summed E-state index contributed by atoms with van der Waals surface area (Å²) in [5.74, 6) is -0.294. The number of hydrogen-bond donors (Lipinski definition) is 1. The number of carbonyl (C=O) groups is 1. The van der Waals surface area contributed by atoms with Crippen LogP contribution in [0.25, 0.3) is 0 Å². The number of alkyl halides is 2. The predicted octanol–water partition coefficient (Wildman–Crippen LogP) is 3.92. The third-order valence-corrected chi connectivity index (χ3v) is 3.59. The molecule has 2 N–H and O–H groups in total. The molecule has 2 rings (SSSR count). The lowest BCUT2D eigenvalue weighted by atomic mass is 10.1. The van der Waals surface area contributed by atoms with Gasteiger partial charge in [-0.05, 0) is 23.6 Å². The van der Waals surface area contributed by atoms with Gasteiger partial charge in [-0.15, -0.1) is 12.4 Å². The Kier molecular flexibility index (Phi) is 8.19. The maximum absolute atomic E-state index is 12.8. The molecule has 0 aromatic heterocycles. The lowest BCUT2D eigenvalue weighted by Gasteiger charge is -2.22. The second-order valence-corrected chi connectivity index (χ2v) is 5.35. The molecule has 0 fully saturated rings. The monoisotopic (exact) mass is 354 g/mol. The average molecular weight is 355 g/mol. The number of benzene rings is 2. The van der Waals surface area contributed by atoms with Crippen molar-refractivity contribution in [1.29, 1.82) is 0 Å². The van der Waals surface area contributed by atoms with E-state index in [4.69, 9.17) is 5.73 Å². The Morgan fingerprint density at radius 3 is 2.29 bits per heavy atom. The lowest BCUT2D eigenvalue weighted by molar-refractivity contribution is -0.133. The van der Waals surface area contributed by atoms with E-state index in [2.05, 4.69) is 0 Å². The van der Waals surface area contributed by atoms with Gasteiger partial charge in [-0.3, -0.25) is 4.79 Å². The van der Waals surface area contributed by atoms with Crippen LogP contribution in [0.15, 0.2) is 54.6 Å². The number of halogens is 3. The standard InChI is InChI=1S/C18H20F2N2O.ClH/c19-17(20)13-22(12-14-6-2-1-3-7-14)18(23)11-10-15-8-4-5-9-16(15)21;/h1-9,17H,10-13,21H2;1H. The first kappa shape index (κ1) is 19.9. The largest absolute Gasteiger partial charge is 0.399 e. The zero-order valence-electron chi connectivity index (χ0n) is 13.2. The van der Waals surface area contributed by atoms with Crippen LogP contribution in [-0.4, -0.2) is 23.8 Å². The molecular weight excluding hydrogens is 334 g/mol. The maximum atomic E-state index is 12.8. The molecule has 0 aliphatic carbocycles. The minimum atomic E-state index is -2.55. The van der Waals surface area contributed by atoms with Crippen molar-refractivity contribution in [1.82, 2.24) is 4.90 Å². The molecule has 130 valence electrons. The van der Waals surface area contributed by atoms with Crippen LogP contribution >= 0.6 is 12.4 Å². The van der Waals surface area contributed by atoms with Gasteiger partial charge in [0.25, 0.3) is 6.43 Å². The highest BCUT2D eigenvalue weighted by atomic mass is 35.5. The Morgan fingerprint density at radius 1 is 1.04 bits per heavy atom. The fourth-order valence-electron chi connectivity index (χ4n) is 2.39. The van der Waals surface area contributed by atoms with Crippen molar-refractivity contribution < 1.29 is 13.6 Å². The number of carbonyl (C=O) groups excluding carboxylic acids is 1. The van der Waals surface area contributed by atoms with Gasteiger partial charge in [0.05, 0.1) is 6.54 Å². The summed E-state index contributed by atoms with van der Waals surface area (Å²) < 4.78 is 25.5. The molecule has 1 amide bonds. The summed E-state index contributed by atoms with van der Waals surface area (Å²) in [7, 11) is 0. The van der Waals surface area contributed by atoms with Gasteiger partial charge in [0.2, 0.25) is 5.91 Å². The van der Waals surface area contributed by atoms with Crippen molar-refractivity contribution in [2.75, 3.05) is 12.3 Å². The number of hydrogen-bond acceptors (Lipinski definition) is 2. The van der Waals surface area contributed by atoms with Crippen molar-refractivity contribution >= 4 is 24.0 Å². The molecule has 0 radical (unpaired) electrons. The number of para-hydroxylation sites is 1. The number of amides is 1. The third kappa shape index (κ3) is 6.16. The Balaban J connectivity index is 0.00000288. The van der Waals surface area contributed by atoms with Crippen LogP contribution in [0.1, 0.15) is 17.5 Å². The summed E-state index contributed by atoms with van der Waals surface area (Å²) >= 11 is 0. The number of nitrogens with two attached hydrogens (primary N) is 1. The highest BCUT2D eigenvalue weighted by molar-refractivity contribution is 5.85. The van der Waals surface area contributed by atoms with Gasteiger partial charge in [0.1, 0.15) is 0 Å². The number of rotatable bonds is 7. The molecule has 0 atom stereocenters. The topological polar surface area (TPSA) is 46.3 Å². The Bertz CT molecular complexity index is 638. The average Bonchev–Trinajstić information content (AvgIpc) is 2.54. The number of nitrogen functional groups attached to an aromatic ring is 1. The number of aryl methyl sites for hydroxylation is 1. The van der Waals surface area contributed by atoms with Crippen LogP contribution in [0.3, 0.4) is 0 Å². The van der Waals surface area contributed by atoms with E-state index in [9.17, 15) is 13.6 Å². The lowest BCUT2D eigenvalue weighted by Crippen LogP contribution is -2.34. The first-order valence-electron chi connectivity index (χ1n) is 7.49. The molecule has 2 aromatic carbocycles. The van der Waals surface area contributed by atoms with Crippen LogP contribution < -0.4 is 5.73 Å². The highest BCUT2D eigenvalue weighted by Gasteiger charge is 2.18. The van der Waals surface area contributed by atoms with Gasteiger partial charge in [-0.2, -0.15) is 0 Å². The van der Waals surface area contributed by atoms with Gasteiger partial charge < -0.3 is 10.6 Å². The molecule has 0 aliphatic rings. The van der Waals surface area contributed by atoms with Gasteiger partial charge >= 0.3 is 0 Å². The normalized spacial score (nSPS) is 10.3. The quantitative estimate of drug-likeness (QED) is 0.766. The second kappa shape index (κ2) is 9.88. The van der Waals surface area contributed by atoms with Crippen molar-refractivity contribution in [3.8, 4) is 0 Å². The van der Waals surface area contributed by atoms with Gasteiger partial charge in [0.15, 0.2) is 0 Å². The summed E-state index contributed by atoms with van der Waals surface area (Å²) in [5, 5.41) is 0. The summed E-state index contributed by atoms with van der Waals surface area (Å²) in [6.07, 6.45) is -1.95. The van der Waals surface area contributed by atoms with E-state index < -0.39 is 13.0 Å². The zero-order valence-corrected chi connectivity index (χ0v) is 14.0. The van der Waals surface area contributed by atoms with Crippen LogP contribution in [0.2, 0.25) is 0 Å². The van der Waals surface area contributed by atoms with E-state index in [-0.39, 0.29) is 31.3 Å². The second-order valence-electron chi connectivity index (χ2n) is 5.35. The minimum Gasteiger partial charge on any atom is -0.399 e. The molecule has 24 heavy (non-hydrogen) atoms. The summed E-state index contributed by atoms with van der Waals surface area (Å²) in [5.41, 5.74) is 8.15. The summed E-state index contributed by atoms with van der Waals surface area (Å²) in [6.45, 7) is -0.369. The molecule has 0 unspecified atom stereocenters. The molecule has 0 saturated heterocycles. The van der Waals surface area contributed by atoms with E-state index in [1.165, 1.54) is 4.90 Å².